The van der Waals surface area contributed by atoms with Crippen molar-refractivity contribution in [3.8, 4) is 0 Å². The van der Waals surface area contributed by atoms with Gasteiger partial charge in [-0.15, -0.1) is 0 Å². The highest BCUT2D eigenvalue weighted by molar-refractivity contribution is 5.71. The highest BCUT2D eigenvalue weighted by atomic mass is 19.5. The fraction of sp³-hybridized carbons (Fsp3) is 0.981. The maximum atomic E-state index is 13.8. The van der Waals surface area contributed by atoms with Crippen molar-refractivity contribution in [3.63, 3.8) is 0 Å². The molecule has 1 aliphatic heterocycles. The van der Waals surface area contributed by atoms with Gasteiger partial charge in [-0.05, 0) is 398 Å². The first kappa shape index (κ1) is 128. The third-order valence-electron chi connectivity index (χ3n) is 39.5. The predicted molar refractivity (Wildman–Crippen MR) is 473 cm³/mol. The van der Waals surface area contributed by atoms with Crippen LogP contribution in [0.5, 0.6) is 0 Å². The molecule has 1 heterocycles. The normalized spacial score (nSPS) is 37.2. The Kier molecular flexibility index (Phi) is 36.7. The number of alkyl halides is 36. The monoisotopic (exact) mass is 2250 g/mol. The molecule has 2 N–H and O–H groups in total. The number of hydrogen-bond donors (Lipinski definition) is 2. The number of ether oxygens (including phenoxy) is 7. The molecule has 14 bridgehead atoms. The SMILES string of the molecule is CC1C(C)C2CC1C1C3CC(CC(O)(C(F)(F)F)C(F)(F)F)C(C3)C21.CC1C2CC(CC(O)(C(F)(F)F)C(F)(F)F)C(C2)C1C.CC1C2CC(CC(OC(=O)OC(C)(C)C)(C(F)(F)F)C(F)(F)F)C(C2)C1C.CC1C2CC(CC(OC(C)(C)C)(C(F)(F)F)C(F)(F)F)C(C2)C1C.CC1C2CC(CC(OC3CCCCO3)(C(F)(F)F)C(F)(F)F)C(C2)C1C.CC1C2CC(CC(OCC(=O)OC(C)(C)C)(C(F)(F)F)C(F)(F)F)C(C2)C1C. The highest BCUT2D eigenvalue weighted by Crippen LogP contribution is 2.74. The van der Waals surface area contributed by atoms with Crippen molar-refractivity contribution >= 4 is 12.1 Å². The molecular weight excluding hydrogens is 2100 g/mol. The molecule has 35 unspecified atom stereocenters. The second kappa shape index (κ2) is 43.1. The fourth-order valence-corrected chi connectivity index (χ4v) is 31.1. The summed E-state index contributed by atoms with van der Waals surface area (Å²) in [5.74, 6) is -0.199. The molecule has 0 radical (unpaired) electrons. The van der Waals surface area contributed by atoms with Crippen molar-refractivity contribution in [2.75, 3.05) is 13.2 Å². The van der Waals surface area contributed by atoms with Crippen LogP contribution in [0.25, 0.3) is 0 Å². The third-order valence-corrected chi connectivity index (χ3v) is 39.5. The second-order valence-corrected chi connectivity index (χ2v) is 50.8. The Labute approximate surface area is 852 Å². The number of aliphatic hydroxyl groups is 2. The summed E-state index contributed by atoms with van der Waals surface area (Å²) >= 11 is 0. The Morgan fingerprint density at radius 3 is 0.787 bits per heavy atom. The quantitative estimate of drug-likeness (QED) is 0.0726. The molecule has 14 saturated carbocycles. The van der Waals surface area contributed by atoms with Crippen LogP contribution in [-0.2, 0) is 38.0 Å². The Bertz CT molecular complexity index is 4350. The van der Waals surface area contributed by atoms with Crippen LogP contribution in [-0.4, -0.2) is 166 Å². The number of halogens is 36. The molecule has 878 valence electrons. The van der Waals surface area contributed by atoms with Crippen molar-refractivity contribution in [1.29, 1.82) is 0 Å². The average Bonchev–Trinajstić information content (AvgIpc) is 1.53. The van der Waals surface area contributed by atoms with Crippen molar-refractivity contribution < 1.29 is 211 Å². The van der Waals surface area contributed by atoms with E-state index in [0.29, 0.717) is 112 Å². The summed E-state index contributed by atoms with van der Waals surface area (Å²) < 4.78 is 516. The van der Waals surface area contributed by atoms with Gasteiger partial charge in [-0.3, -0.25) is 0 Å². The van der Waals surface area contributed by atoms with Crippen LogP contribution in [0, 0.1) is 201 Å². The lowest BCUT2D eigenvalue weighted by atomic mass is 9.61. The first-order valence-electron chi connectivity index (χ1n) is 52.3. The summed E-state index contributed by atoms with van der Waals surface area (Å²) in [5.41, 5.74) is -30.3. The molecule has 15 rings (SSSR count). The van der Waals surface area contributed by atoms with Gasteiger partial charge in [0.05, 0.1) is 5.60 Å². The van der Waals surface area contributed by atoms with E-state index >= 15 is 0 Å². The highest BCUT2D eigenvalue weighted by Gasteiger charge is 2.82. The number of hydrogen-bond acceptors (Lipinski definition) is 11. The molecule has 0 amide bonds. The van der Waals surface area contributed by atoms with E-state index in [1.54, 1.807) is 0 Å². The molecule has 1 saturated heterocycles. The van der Waals surface area contributed by atoms with E-state index in [1.807, 2.05) is 69.2 Å². The molecular formula is C103H148F36O11. The zero-order valence-corrected chi connectivity index (χ0v) is 87.9. The minimum absolute atomic E-state index is 0.0365. The zero-order valence-electron chi connectivity index (χ0n) is 87.9. The smallest absolute Gasteiger partial charge is 0.458 e. The number of rotatable bonds is 19. The largest absolute Gasteiger partial charge is 0.510 e. The van der Waals surface area contributed by atoms with Gasteiger partial charge in [-0.2, -0.15) is 158 Å². The van der Waals surface area contributed by atoms with E-state index in [4.69, 9.17) is 18.9 Å². The van der Waals surface area contributed by atoms with Gasteiger partial charge in [-0.1, -0.05) is 83.1 Å². The van der Waals surface area contributed by atoms with E-state index in [9.17, 15) is 178 Å². The van der Waals surface area contributed by atoms with Gasteiger partial charge in [0.1, 0.15) is 17.8 Å². The van der Waals surface area contributed by atoms with Crippen LogP contribution in [0.4, 0.5) is 163 Å². The minimum Gasteiger partial charge on any atom is -0.458 e. The molecule has 0 aromatic carbocycles. The molecule has 0 aromatic heterocycles. The van der Waals surface area contributed by atoms with Gasteiger partial charge in [0.15, 0.2) is 6.29 Å². The van der Waals surface area contributed by atoms with E-state index in [-0.39, 0.29) is 138 Å². The summed E-state index contributed by atoms with van der Waals surface area (Å²) in [6, 6.07) is 0. The maximum Gasteiger partial charge on any atom is 0.510 e. The molecule has 150 heavy (non-hydrogen) atoms. The zero-order chi connectivity index (χ0) is 115. The molecule has 15 fully saturated rings. The van der Waals surface area contributed by atoms with E-state index in [0.717, 1.165) is 25.7 Å². The summed E-state index contributed by atoms with van der Waals surface area (Å²) in [5, 5.41) is 18.9. The van der Waals surface area contributed by atoms with Gasteiger partial charge in [-0.25, -0.2) is 9.59 Å². The van der Waals surface area contributed by atoms with Gasteiger partial charge < -0.3 is 43.4 Å². The van der Waals surface area contributed by atoms with Crippen LogP contribution in [0.15, 0.2) is 0 Å². The Hall–Kier alpha value is -4.02. The lowest BCUT2D eigenvalue weighted by Gasteiger charge is -2.45. The number of carbonyl (C=O) groups excluding carboxylic acids is 2. The van der Waals surface area contributed by atoms with Crippen LogP contribution < -0.4 is 0 Å². The summed E-state index contributed by atoms with van der Waals surface area (Å²) in [4.78, 5) is 23.5. The lowest BCUT2D eigenvalue weighted by Crippen LogP contribution is -2.62. The maximum absolute atomic E-state index is 13.8. The van der Waals surface area contributed by atoms with Crippen LogP contribution >= 0.6 is 0 Å². The average molecular weight is 2250 g/mol. The Morgan fingerprint density at radius 2 is 0.520 bits per heavy atom. The fourth-order valence-electron chi connectivity index (χ4n) is 31.1. The van der Waals surface area contributed by atoms with Gasteiger partial charge in [0.2, 0.25) is 0 Å². The van der Waals surface area contributed by atoms with Crippen molar-refractivity contribution in [2.24, 2.45) is 201 Å². The molecule has 15 aliphatic rings. The summed E-state index contributed by atoms with van der Waals surface area (Å²) in [6.45, 7) is 34.7. The van der Waals surface area contributed by atoms with E-state index in [2.05, 4.69) is 28.1 Å². The van der Waals surface area contributed by atoms with E-state index < -0.39 is 224 Å². The first-order valence-corrected chi connectivity index (χ1v) is 52.3. The van der Waals surface area contributed by atoms with Gasteiger partial charge >= 0.3 is 91.8 Å². The van der Waals surface area contributed by atoms with Crippen LogP contribution in [0.2, 0.25) is 0 Å². The second-order valence-electron chi connectivity index (χ2n) is 50.8. The molecule has 35 atom stereocenters. The van der Waals surface area contributed by atoms with Crippen molar-refractivity contribution in [2.45, 2.75) is 417 Å². The summed E-state index contributed by atoms with van der Waals surface area (Å²) in [6.07, 6.45) is -69.8. The third kappa shape index (κ3) is 25.2. The molecule has 14 aliphatic carbocycles. The topological polar surface area (TPSA) is 139 Å². The van der Waals surface area contributed by atoms with Crippen LogP contribution in [0.3, 0.4) is 0 Å². The number of esters is 1. The van der Waals surface area contributed by atoms with Crippen molar-refractivity contribution in [3.05, 3.63) is 0 Å². The summed E-state index contributed by atoms with van der Waals surface area (Å²) in [7, 11) is 0. The minimum atomic E-state index is -5.81. The predicted octanol–water partition coefficient (Wildman–Crippen LogP) is 32.5. The van der Waals surface area contributed by atoms with Crippen LogP contribution in [0.1, 0.15) is 287 Å². The number of carbonyl (C=O) groups is 2. The Morgan fingerprint density at radius 1 is 0.260 bits per heavy atom. The molecule has 0 aromatic rings. The van der Waals surface area contributed by atoms with Gasteiger partial charge in [0, 0.05) is 13.0 Å². The molecule has 11 nitrogen and oxygen atoms in total. The van der Waals surface area contributed by atoms with Crippen molar-refractivity contribution in [1.82, 2.24) is 0 Å². The lowest BCUT2D eigenvalue weighted by molar-refractivity contribution is -0.416. The van der Waals surface area contributed by atoms with E-state index in [1.165, 1.54) is 62.3 Å². The molecule has 47 heteroatoms. The Balaban J connectivity index is 0.000000184. The first-order chi connectivity index (χ1) is 67.3. The number of fused-ring (bicyclic) bond motifs is 19. The molecule has 0 spiro atoms. The standard InChI is InChI=1S/C19H28F6O3.C18H26F6O3.C18H26F6O2.C18H24F6O.C17H26F6O.C13H18F6O/c1-10-11(2)14-7-12(10)6-13(14)8-17(18(20,21)22,19(23,24)25)27-9-15(26)28-16(3,4)5;1-9-10(2)13-7-11(9)6-12(13)8-16(17(19,20)21,18(22,23)24)27-14(25)26-15(3,4)5;1-10-11(2)14-8-12(10)7-13(14)9-16(17(19,20)21,18(22,23)24)26-15-5-3-4-6-25-15;1-7-8(2)12-5-11(7)14-9-3-10(13(4-9)15(12)14)6-16(25,17(19,20)21)18(22,23)24;1-9-10(2)13-7-11(9)6-12(13)8-15(16(18,19)20,17(21,22)23)24-14(3,4)5;1-6-7(2)10-4-8(6)3-9(10)5-11(20,12(14,15)16)13(17,18)19/h10-14H,6-9H2,1-5H3;9-13H,6-8H2,1-5H3;10-15H,3-9H2,1-2H3;7-15,25H,3-6H2,1-2H3;9-13H,6-8H2,1-5H3;6-10,20H,3-5H2,1-2H3. The van der Waals surface area contributed by atoms with Gasteiger partial charge in [0.25, 0.3) is 28.0 Å².